The molecule has 0 aliphatic carbocycles. The van der Waals surface area contributed by atoms with Crippen molar-refractivity contribution in [2.45, 2.75) is 53.9 Å². The van der Waals surface area contributed by atoms with Crippen LogP contribution in [0.1, 0.15) is 53.9 Å². The molecule has 0 amide bonds. The first-order chi connectivity index (χ1) is 8.93. The molecule has 0 unspecified atom stereocenters. The zero-order valence-corrected chi connectivity index (χ0v) is 12.7. The summed E-state index contributed by atoms with van der Waals surface area (Å²) in [4.78, 5) is 23.8. The number of hydrogen-bond acceptors (Lipinski definition) is 4. The lowest BCUT2D eigenvalue weighted by Gasteiger charge is -2.13. The van der Waals surface area contributed by atoms with Crippen LogP contribution in [0, 0.1) is 5.92 Å². The minimum Gasteiger partial charge on any atom is -0.462 e. The topological polar surface area (TPSA) is 52.6 Å². The molecule has 0 aromatic heterocycles. The average Bonchev–Trinajstić information content (AvgIpc) is 2.38. The van der Waals surface area contributed by atoms with Crippen LogP contribution in [0.15, 0.2) is 11.1 Å². The van der Waals surface area contributed by atoms with Crippen molar-refractivity contribution in [3.05, 3.63) is 11.1 Å². The van der Waals surface area contributed by atoms with Gasteiger partial charge in [-0.2, -0.15) is 0 Å². The molecule has 0 atom stereocenters. The van der Waals surface area contributed by atoms with Gasteiger partial charge in [0.1, 0.15) is 0 Å². The first-order valence-electron chi connectivity index (χ1n) is 6.97. The van der Waals surface area contributed by atoms with Crippen LogP contribution in [0.2, 0.25) is 0 Å². The minimum absolute atomic E-state index is 0.276. The molecule has 0 aliphatic rings. The molecular weight excluding hydrogens is 244 g/mol. The third kappa shape index (κ3) is 6.99. The first kappa shape index (κ1) is 17.7. The summed E-state index contributed by atoms with van der Waals surface area (Å²) in [5, 5.41) is 0. The predicted molar refractivity (Wildman–Crippen MR) is 74.7 cm³/mol. The second-order valence-electron chi connectivity index (χ2n) is 4.97. The van der Waals surface area contributed by atoms with Gasteiger partial charge in [-0.25, -0.2) is 9.59 Å². The smallest absolute Gasteiger partial charge is 0.334 e. The minimum atomic E-state index is -0.425. The largest absolute Gasteiger partial charge is 0.462 e. The quantitative estimate of drug-likeness (QED) is 0.502. The van der Waals surface area contributed by atoms with E-state index in [2.05, 4.69) is 0 Å². The molecular formula is C15H26O4. The summed E-state index contributed by atoms with van der Waals surface area (Å²) >= 11 is 0. The summed E-state index contributed by atoms with van der Waals surface area (Å²) < 4.78 is 10.2. The fourth-order valence-electron chi connectivity index (χ4n) is 1.51. The Balaban J connectivity index is 4.97. The maximum atomic E-state index is 12.0. The van der Waals surface area contributed by atoms with E-state index in [9.17, 15) is 9.59 Å². The van der Waals surface area contributed by atoms with E-state index in [-0.39, 0.29) is 5.92 Å². The van der Waals surface area contributed by atoms with Gasteiger partial charge >= 0.3 is 11.9 Å². The highest BCUT2D eigenvalue weighted by Crippen LogP contribution is 2.18. The second kappa shape index (κ2) is 9.59. The Morgan fingerprint density at radius 2 is 1.42 bits per heavy atom. The van der Waals surface area contributed by atoms with Crippen molar-refractivity contribution >= 4 is 11.9 Å². The monoisotopic (exact) mass is 270 g/mol. The molecule has 0 heterocycles. The Hall–Kier alpha value is -1.32. The highest BCUT2D eigenvalue weighted by Gasteiger charge is 2.20. The van der Waals surface area contributed by atoms with Gasteiger partial charge in [-0.3, -0.25) is 0 Å². The average molecular weight is 270 g/mol. The Morgan fingerprint density at radius 1 is 0.947 bits per heavy atom. The second-order valence-corrected chi connectivity index (χ2v) is 4.97. The van der Waals surface area contributed by atoms with Gasteiger partial charge in [-0.15, -0.1) is 0 Å². The number of rotatable bonds is 8. The number of carbonyl (C=O) groups is 2. The Kier molecular flexibility index (Phi) is 8.92. The molecule has 0 aliphatic heterocycles. The van der Waals surface area contributed by atoms with Crippen LogP contribution in [-0.4, -0.2) is 25.2 Å². The van der Waals surface area contributed by atoms with Crippen molar-refractivity contribution in [3.63, 3.8) is 0 Å². The van der Waals surface area contributed by atoms with E-state index in [4.69, 9.17) is 9.47 Å². The fraction of sp³-hybridized carbons (Fsp3) is 0.733. The van der Waals surface area contributed by atoms with Crippen molar-refractivity contribution in [3.8, 4) is 0 Å². The van der Waals surface area contributed by atoms with Crippen molar-refractivity contribution in [2.24, 2.45) is 5.92 Å². The molecule has 0 aromatic carbocycles. The molecule has 0 rings (SSSR count). The summed E-state index contributed by atoms with van der Waals surface area (Å²) in [7, 11) is 0. The van der Waals surface area contributed by atoms with E-state index in [1.54, 1.807) is 6.92 Å². The lowest BCUT2D eigenvalue weighted by atomic mass is 9.99. The molecule has 0 saturated heterocycles. The van der Waals surface area contributed by atoms with Gasteiger partial charge in [0.2, 0.25) is 0 Å². The van der Waals surface area contributed by atoms with E-state index < -0.39 is 11.9 Å². The first-order valence-corrected chi connectivity index (χ1v) is 6.97. The van der Waals surface area contributed by atoms with Gasteiger partial charge in [-0.05, 0) is 32.1 Å². The molecule has 0 N–H and O–H groups in total. The fourth-order valence-corrected chi connectivity index (χ4v) is 1.51. The Labute approximate surface area is 116 Å². The molecule has 4 nitrogen and oxygen atoms in total. The lowest BCUT2D eigenvalue weighted by Crippen LogP contribution is -2.17. The summed E-state index contributed by atoms with van der Waals surface area (Å²) in [5.41, 5.74) is 0.799. The van der Waals surface area contributed by atoms with Crippen LogP contribution in [0.4, 0.5) is 0 Å². The third-order valence-corrected chi connectivity index (χ3v) is 2.49. The van der Waals surface area contributed by atoms with Gasteiger partial charge in [0, 0.05) is 11.1 Å². The van der Waals surface area contributed by atoms with E-state index in [0.29, 0.717) is 30.8 Å². The molecule has 0 aromatic rings. The molecule has 0 spiro atoms. The molecule has 0 saturated carbocycles. The van der Waals surface area contributed by atoms with Gasteiger partial charge in [-0.1, -0.05) is 27.7 Å². The van der Waals surface area contributed by atoms with Crippen LogP contribution in [0.25, 0.3) is 0 Å². The normalized spacial score (nSPS) is 12.1. The highest BCUT2D eigenvalue weighted by molar-refractivity contribution is 6.00. The van der Waals surface area contributed by atoms with Gasteiger partial charge < -0.3 is 9.47 Å². The van der Waals surface area contributed by atoms with Gasteiger partial charge in [0.05, 0.1) is 13.2 Å². The number of ether oxygens (including phenoxy) is 2. The van der Waals surface area contributed by atoms with Crippen molar-refractivity contribution in [2.75, 3.05) is 13.2 Å². The molecule has 0 bridgehead atoms. The molecule has 0 fully saturated rings. The third-order valence-electron chi connectivity index (χ3n) is 2.49. The van der Waals surface area contributed by atoms with Crippen molar-refractivity contribution in [1.82, 2.24) is 0 Å². The zero-order valence-electron chi connectivity index (χ0n) is 12.7. The summed E-state index contributed by atoms with van der Waals surface area (Å²) in [5.74, 6) is -0.550. The highest BCUT2D eigenvalue weighted by atomic mass is 16.5. The molecule has 19 heavy (non-hydrogen) atoms. The van der Waals surface area contributed by atoms with E-state index in [1.807, 2.05) is 27.7 Å². The van der Waals surface area contributed by atoms with E-state index >= 15 is 0 Å². The van der Waals surface area contributed by atoms with Crippen LogP contribution in [0.5, 0.6) is 0 Å². The molecule has 0 radical (unpaired) electrons. The maximum Gasteiger partial charge on any atom is 0.334 e. The van der Waals surface area contributed by atoms with Gasteiger partial charge in [0.15, 0.2) is 0 Å². The Morgan fingerprint density at radius 3 is 1.84 bits per heavy atom. The number of hydrogen-bond donors (Lipinski definition) is 0. The van der Waals surface area contributed by atoms with Crippen molar-refractivity contribution in [1.29, 1.82) is 0 Å². The SMILES string of the molecule is CCCOC(=O)/C(C)=C(/CC(C)C)C(=O)OCCC. The van der Waals surface area contributed by atoms with Gasteiger partial charge in [0.25, 0.3) is 0 Å². The summed E-state index contributed by atoms with van der Waals surface area (Å²) in [6.45, 7) is 10.2. The maximum absolute atomic E-state index is 12.0. The van der Waals surface area contributed by atoms with E-state index in [0.717, 1.165) is 12.8 Å². The summed E-state index contributed by atoms with van der Waals surface area (Å²) in [6.07, 6.45) is 2.05. The molecule has 110 valence electrons. The zero-order chi connectivity index (χ0) is 14.8. The standard InChI is InChI=1S/C15H26O4/c1-6-8-18-14(16)12(5)13(10-11(3)4)15(17)19-9-7-2/h11H,6-10H2,1-5H3/b13-12-. The number of carbonyl (C=O) groups excluding carboxylic acids is 2. The van der Waals surface area contributed by atoms with Crippen LogP contribution >= 0.6 is 0 Å². The van der Waals surface area contributed by atoms with Crippen molar-refractivity contribution < 1.29 is 19.1 Å². The lowest BCUT2D eigenvalue weighted by molar-refractivity contribution is -0.142. The van der Waals surface area contributed by atoms with Crippen LogP contribution < -0.4 is 0 Å². The Bertz CT molecular complexity index is 329. The predicted octanol–water partition coefficient (Wildman–Crippen LogP) is 3.26. The van der Waals surface area contributed by atoms with Crippen LogP contribution in [-0.2, 0) is 19.1 Å². The number of esters is 2. The molecule has 4 heteroatoms. The van der Waals surface area contributed by atoms with E-state index in [1.165, 1.54) is 0 Å². The van der Waals surface area contributed by atoms with Crippen LogP contribution in [0.3, 0.4) is 0 Å². The summed E-state index contributed by atoms with van der Waals surface area (Å²) in [6, 6.07) is 0.